The van der Waals surface area contributed by atoms with Crippen LogP contribution in [0.4, 0.5) is 0 Å². The highest BCUT2D eigenvalue weighted by Gasteiger charge is 2.41. The minimum atomic E-state index is 0.212. The number of nitrogens with zero attached hydrogens (tertiary/aromatic N) is 2. The molecule has 1 aliphatic heterocycles. The van der Waals surface area contributed by atoms with E-state index in [9.17, 15) is 0 Å². The van der Waals surface area contributed by atoms with Crippen LogP contribution >= 0.6 is 0 Å². The molecule has 0 spiro atoms. The molecule has 4 heteroatoms. The maximum atomic E-state index is 5.83. The Morgan fingerprint density at radius 3 is 2.90 bits per heavy atom. The lowest BCUT2D eigenvalue weighted by atomic mass is 9.77. The maximum Gasteiger partial charge on any atom is 0.0631 e. The molecule has 1 aromatic rings. The number of hydrogen-bond acceptors (Lipinski definition) is 3. The van der Waals surface area contributed by atoms with Crippen LogP contribution in [0.5, 0.6) is 0 Å². The number of hydrogen-bond donors (Lipinski definition) is 1. The normalized spacial score (nSPS) is 31.2. The van der Waals surface area contributed by atoms with E-state index in [1.165, 1.54) is 31.4 Å². The monoisotopic (exact) mass is 277 g/mol. The molecule has 1 N–H and O–H groups in total. The summed E-state index contributed by atoms with van der Waals surface area (Å²) < 4.78 is 8.03. The summed E-state index contributed by atoms with van der Waals surface area (Å²) in [6, 6.07) is 2.85. The van der Waals surface area contributed by atoms with Crippen LogP contribution in [0.3, 0.4) is 0 Å². The van der Waals surface area contributed by atoms with Gasteiger partial charge in [0.05, 0.1) is 17.8 Å². The van der Waals surface area contributed by atoms with Crippen molar-refractivity contribution in [3.63, 3.8) is 0 Å². The molecule has 20 heavy (non-hydrogen) atoms. The van der Waals surface area contributed by atoms with Crippen molar-refractivity contribution in [2.24, 2.45) is 5.41 Å². The Labute approximate surface area is 121 Å². The van der Waals surface area contributed by atoms with Crippen molar-refractivity contribution in [2.75, 3.05) is 20.2 Å². The molecule has 2 fully saturated rings. The third kappa shape index (κ3) is 2.63. The molecule has 0 amide bonds. The molecule has 2 heterocycles. The van der Waals surface area contributed by atoms with Crippen LogP contribution in [-0.4, -0.2) is 36.1 Å². The highest BCUT2D eigenvalue weighted by Crippen LogP contribution is 2.37. The molecular weight excluding hydrogens is 250 g/mol. The van der Waals surface area contributed by atoms with E-state index in [1.807, 2.05) is 7.05 Å². The highest BCUT2D eigenvalue weighted by molar-refractivity contribution is 5.07. The Morgan fingerprint density at radius 1 is 1.45 bits per heavy atom. The SMILES string of the molecule is CNCC1(Cc2ccn(C3CCCC3)n2)CCOC1C. The molecule has 0 aromatic carbocycles. The summed E-state index contributed by atoms with van der Waals surface area (Å²) in [5.41, 5.74) is 1.44. The van der Waals surface area contributed by atoms with E-state index in [4.69, 9.17) is 9.84 Å². The third-order valence-corrected chi connectivity index (χ3v) is 5.25. The largest absolute Gasteiger partial charge is 0.378 e. The summed E-state index contributed by atoms with van der Waals surface area (Å²) in [5, 5.41) is 8.20. The average Bonchev–Trinajstić information content (AvgIpc) is 3.13. The van der Waals surface area contributed by atoms with Crippen molar-refractivity contribution in [3.8, 4) is 0 Å². The minimum Gasteiger partial charge on any atom is -0.378 e. The number of rotatable bonds is 5. The van der Waals surface area contributed by atoms with Gasteiger partial charge in [-0.15, -0.1) is 0 Å². The zero-order chi connectivity index (χ0) is 14.0. The fraction of sp³-hybridized carbons (Fsp3) is 0.812. The van der Waals surface area contributed by atoms with Crippen LogP contribution in [0.2, 0.25) is 0 Å². The molecule has 2 atom stereocenters. The van der Waals surface area contributed by atoms with Gasteiger partial charge in [-0.05, 0) is 39.3 Å². The topological polar surface area (TPSA) is 39.1 Å². The van der Waals surface area contributed by atoms with E-state index in [0.717, 1.165) is 26.0 Å². The molecule has 2 unspecified atom stereocenters. The van der Waals surface area contributed by atoms with Crippen LogP contribution in [0.15, 0.2) is 12.3 Å². The smallest absolute Gasteiger partial charge is 0.0631 e. The quantitative estimate of drug-likeness (QED) is 0.899. The number of nitrogens with one attached hydrogen (secondary N) is 1. The predicted octanol–water partition coefficient (Wildman–Crippen LogP) is 2.56. The zero-order valence-electron chi connectivity index (χ0n) is 12.8. The molecular formula is C16H27N3O. The third-order valence-electron chi connectivity index (χ3n) is 5.25. The van der Waals surface area contributed by atoms with E-state index in [2.05, 4.69) is 29.2 Å². The fourth-order valence-electron chi connectivity index (χ4n) is 3.90. The van der Waals surface area contributed by atoms with Crippen LogP contribution in [0.1, 0.15) is 50.8 Å². The van der Waals surface area contributed by atoms with Gasteiger partial charge in [0, 0.05) is 31.2 Å². The van der Waals surface area contributed by atoms with Crippen molar-refractivity contribution in [1.29, 1.82) is 0 Å². The van der Waals surface area contributed by atoms with Gasteiger partial charge in [-0.1, -0.05) is 12.8 Å². The lowest BCUT2D eigenvalue weighted by Gasteiger charge is -2.31. The molecule has 2 aliphatic rings. The summed E-state index contributed by atoms with van der Waals surface area (Å²) in [6.45, 7) is 4.09. The Hall–Kier alpha value is -0.870. The Morgan fingerprint density at radius 2 is 2.25 bits per heavy atom. The molecule has 1 saturated carbocycles. The maximum absolute atomic E-state index is 5.83. The Balaban J connectivity index is 1.72. The van der Waals surface area contributed by atoms with Gasteiger partial charge in [0.25, 0.3) is 0 Å². The molecule has 0 bridgehead atoms. The van der Waals surface area contributed by atoms with Gasteiger partial charge in [-0.2, -0.15) is 5.10 Å². The minimum absolute atomic E-state index is 0.212. The number of aromatic nitrogens is 2. The molecule has 0 radical (unpaired) electrons. The average molecular weight is 277 g/mol. The van der Waals surface area contributed by atoms with Gasteiger partial charge in [-0.3, -0.25) is 4.68 Å². The lowest BCUT2D eigenvalue weighted by Crippen LogP contribution is -2.40. The molecule has 1 saturated heterocycles. The van der Waals surface area contributed by atoms with Gasteiger partial charge in [-0.25, -0.2) is 0 Å². The van der Waals surface area contributed by atoms with Crippen molar-refractivity contribution in [3.05, 3.63) is 18.0 Å². The first kappa shape index (κ1) is 14.1. The Kier molecular flexibility index (Phi) is 4.13. The van der Waals surface area contributed by atoms with Crippen LogP contribution in [-0.2, 0) is 11.2 Å². The first-order valence-electron chi connectivity index (χ1n) is 8.04. The summed E-state index contributed by atoms with van der Waals surface area (Å²) in [4.78, 5) is 0. The lowest BCUT2D eigenvalue weighted by molar-refractivity contribution is 0.0634. The van der Waals surface area contributed by atoms with Crippen molar-refractivity contribution in [1.82, 2.24) is 15.1 Å². The van der Waals surface area contributed by atoms with E-state index >= 15 is 0 Å². The summed E-state index contributed by atoms with van der Waals surface area (Å²) >= 11 is 0. The number of ether oxygens (including phenoxy) is 1. The second-order valence-corrected chi connectivity index (χ2v) is 6.56. The van der Waals surface area contributed by atoms with Crippen LogP contribution in [0, 0.1) is 5.41 Å². The van der Waals surface area contributed by atoms with Crippen molar-refractivity contribution >= 4 is 0 Å². The summed E-state index contributed by atoms with van der Waals surface area (Å²) in [7, 11) is 2.03. The van der Waals surface area contributed by atoms with Gasteiger partial charge in [0.15, 0.2) is 0 Å². The predicted molar refractivity (Wildman–Crippen MR) is 79.8 cm³/mol. The van der Waals surface area contributed by atoms with Crippen LogP contribution < -0.4 is 5.32 Å². The summed E-state index contributed by atoms with van der Waals surface area (Å²) in [6.07, 6.45) is 9.94. The van der Waals surface area contributed by atoms with Crippen molar-refractivity contribution < 1.29 is 4.74 Å². The zero-order valence-corrected chi connectivity index (χ0v) is 12.8. The van der Waals surface area contributed by atoms with E-state index in [1.54, 1.807) is 0 Å². The Bertz CT molecular complexity index is 439. The van der Waals surface area contributed by atoms with Crippen LogP contribution in [0.25, 0.3) is 0 Å². The van der Waals surface area contributed by atoms with E-state index < -0.39 is 0 Å². The molecule has 3 rings (SSSR count). The first-order valence-corrected chi connectivity index (χ1v) is 8.04. The molecule has 1 aliphatic carbocycles. The van der Waals surface area contributed by atoms with Gasteiger partial charge < -0.3 is 10.1 Å². The van der Waals surface area contributed by atoms with Gasteiger partial charge in [0.2, 0.25) is 0 Å². The second kappa shape index (κ2) is 5.86. The first-order chi connectivity index (χ1) is 9.73. The standard InChI is InChI=1S/C16H27N3O/c1-13-16(12-17-2,8-10-20-13)11-14-7-9-19(18-14)15-5-3-4-6-15/h7,9,13,15,17H,3-6,8,10-12H2,1-2H3. The molecule has 1 aromatic heterocycles. The molecule has 112 valence electrons. The van der Waals surface area contributed by atoms with E-state index in [0.29, 0.717) is 12.1 Å². The summed E-state index contributed by atoms with van der Waals surface area (Å²) in [5.74, 6) is 0. The van der Waals surface area contributed by atoms with E-state index in [-0.39, 0.29) is 5.41 Å². The molecule has 4 nitrogen and oxygen atoms in total. The second-order valence-electron chi connectivity index (χ2n) is 6.56. The highest BCUT2D eigenvalue weighted by atomic mass is 16.5. The van der Waals surface area contributed by atoms with Gasteiger partial charge >= 0.3 is 0 Å². The van der Waals surface area contributed by atoms with Crippen molar-refractivity contribution in [2.45, 2.75) is 57.6 Å². The van der Waals surface area contributed by atoms with Gasteiger partial charge in [0.1, 0.15) is 0 Å². The fourth-order valence-corrected chi connectivity index (χ4v) is 3.90.